The second-order valence-corrected chi connectivity index (χ2v) is 9.89. The SMILES string of the molecule is CCOc1ccc(/C(O)=C2\C(=O)C(=O)N(CCN(C)C)C2c2ccc(OCc3ccccc3)c(OC)c2)cc1C. The normalized spacial score (nSPS) is 16.4. The Morgan fingerprint density at radius 1 is 0.950 bits per heavy atom. The van der Waals surface area contributed by atoms with Crippen LogP contribution in [0, 0.1) is 6.92 Å². The topological polar surface area (TPSA) is 88.5 Å². The van der Waals surface area contributed by atoms with E-state index in [-0.39, 0.29) is 11.3 Å². The number of hydrogen-bond donors (Lipinski definition) is 1. The first-order chi connectivity index (χ1) is 19.2. The molecule has 0 spiro atoms. The van der Waals surface area contributed by atoms with E-state index in [4.69, 9.17) is 14.2 Å². The van der Waals surface area contributed by atoms with Gasteiger partial charge in [0.15, 0.2) is 11.5 Å². The summed E-state index contributed by atoms with van der Waals surface area (Å²) in [7, 11) is 5.34. The van der Waals surface area contributed by atoms with Crippen molar-refractivity contribution in [2.24, 2.45) is 0 Å². The summed E-state index contributed by atoms with van der Waals surface area (Å²) in [5.41, 5.74) is 2.92. The Kier molecular flexibility index (Phi) is 9.11. The number of hydrogen-bond acceptors (Lipinski definition) is 7. The zero-order chi connectivity index (χ0) is 28.8. The average molecular weight is 545 g/mol. The van der Waals surface area contributed by atoms with E-state index in [1.807, 2.05) is 63.2 Å². The summed E-state index contributed by atoms with van der Waals surface area (Å²) in [6.07, 6.45) is 0. The fourth-order valence-electron chi connectivity index (χ4n) is 4.74. The standard InChI is InChI=1S/C32H36N2O6/c1-6-39-25-14-13-24(18-21(25)2)30(35)28-29(34(17-16-33(3)4)32(37)31(28)36)23-12-15-26(27(19-23)38-5)40-20-22-10-8-7-9-11-22/h7-15,18-19,29,35H,6,16-17,20H2,1-5H3/b30-28+. The third-order valence-electron chi connectivity index (χ3n) is 6.82. The zero-order valence-corrected chi connectivity index (χ0v) is 23.6. The molecule has 1 heterocycles. The molecule has 3 aromatic rings. The molecule has 1 amide bonds. The number of likely N-dealkylation sites (N-methyl/N-ethyl adjacent to an activating group) is 1. The maximum absolute atomic E-state index is 13.4. The predicted molar refractivity (Wildman–Crippen MR) is 154 cm³/mol. The number of nitrogens with zero attached hydrogens (tertiary/aromatic N) is 2. The quantitative estimate of drug-likeness (QED) is 0.207. The van der Waals surface area contributed by atoms with E-state index in [9.17, 15) is 14.7 Å². The van der Waals surface area contributed by atoms with Crippen molar-refractivity contribution in [1.29, 1.82) is 0 Å². The molecule has 1 aliphatic rings. The van der Waals surface area contributed by atoms with Crippen LogP contribution in [0.25, 0.3) is 5.76 Å². The monoisotopic (exact) mass is 544 g/mol. The highest BCUT2D eigenvalue weighted by Gasteiger charge is 2.46. The maximum atomic E-state index is 13.4. The van der Waals surface area contributed by atoms with Gasteiger partial charge >= 0.3 is 0 Å². The number of carbonyl (C=O) groups excluding carboxylic acids is 2. The Balaban J connectivity index is 1.76. The van der Waals surface area contributed by atoms with Crippen molar-refractivity contribution in [3.8, 4) is 17.2 Å². The molecule has 1 fully saturated rings. The van der Waals surface area contributed by atoms with Gasteiger partial charge in [0, 0.05) is 18.7 Å². The second-order valence-electron chi connectivity index (χ2n) is 9.89. The van der Waals surface area contributed by atoms with E-state index in [1.165, 1.54) is 4.90 Å². The van der Waals surface area contributed by atoms with Crippen LogP contribution in [-0.2, 0) is 16.2 Å². The van der Waals surface area contributed by atoms with Gasteiger partial charge in [0.1, 0.15) is 18.1 Å². The van der Waals surface area contributed by atoms with Gasteiger partial charge in [0.05, 0.1) is 25.3 Å². The van der Waals surface area contributed by atoms with Gasteiger partial charge in [0.2, 0.25) is 0 Å². The summed E-state index contributed by atoms with van der Waals surface area (Å²) in [6.45, 7) is 5.48. The molecule has 1 aliphatic heterocycles. The number of aryl methyl sites for hydroxylation is 1. The molecule has 0 radical (unpaired) electrons. The largest absolute Gasteiger partial charge is 0.507 e. The number of rotatable bonds is 11. The Labute approximate surface area is 235 Å². The molecule has 40 heavy (non-hydrogen) atoms. The van der Waals surface area contributed by atoms with Crippen LogP contribution < -0.4 is 14.2 Å². The molecule has 1 N–H and O–H groups in total. The Morgan fingerprint density at radius 2 is 1.68 bits per heavy atom. The lowest BCUT2D eigenvalue weighted by Crippen LogP contribution is -2.35. The molecule has 0 bridgehead atoms. The number of ketones is 1. The number of aliphatic hydroxyl groups is 1. The number of aliphatic hydroxyl groups excluding tert-OH is 1. The maximum Gasteiger partial charge on any atom is 0.295 e. The first-order valence-corrected chi connectivity index (χ1v) is 13.3. The summed E-state index contributed by atoms with van der Waals surface area (Å²) < 4.78 is 17.3. The van der Waals surface area contributed by atoms with E-state index < -0.39 is 17.7 Å². The third-order valence-corrected chi connectivity index (χ3v) is 6.82. The average Bonchev–Trinajstić information content (AvgIpc) is 3.21. The third kappa shape index (κ3) is 6.13. The summed E-state index contributed by atoms with van der Waals surface area (Å²) in [5.74, 6) is 0.0738. The molecule has 0 aliphatic carbocycles. The summed E-state index contributed by atoms with van der Waals surface area (Å²) in [5, 5.41) is 11.4. The van der Waals surface area contributed by atoms with Gasteiger partial charge in [-0.05, 0) is 75.0 Å². The van der Waals surface area contributed by atoms with Gasteiger partial charge in [-0.1, -0.05) is 36.4 Å². The lowest BCUT2D eigenvalue weighted by molar-refractivity contribution is -0.140. The number of methoxy groups -OCH3 is 1. The van der Waals surface area contributed by atoms with E-state index in [0.717, 1.165) is 11.1 Å². The molecule has 8 heteroatoms. The fourth-order valence-corrected chi connectivity index (χ4v) is 4.74. The van der Waals surface area contributed by atoms with Crippen molar-refractivity contribution in [3.05, 3.63) is 94.6 Å². The van der Waals surface area contributed by atoms with E-state index in [0.29, 0.717) is 54.7 Å². The van der Waals surface area contributed by atoms with Crippen molar-refractivity contribution in [2.45, 2.75) is 26.5 Å². The minimum atomic E-state index is -0.802. The number of Topliss-reactive ketones (excluding diaryl/α,β-unsaturated/α-hetero) is 1. The van der Waals surface area contributed by atoms with Crippen LogP contribution in [0.5, 0.6) is 17.2 Å². The first kappa shape index (κ1) is 28.7. The van der Waals surface area contributed by atoms with E-state index >= 15 is 0 Å². The number of benzene rings is 3. The number of likely N-dealkylation sites (tertiary alicyclic amines) is 1. The van der Waals surface area contributed by atoms with Gasteiger partial charge in [-0.25, -0.2) is 0 Å². The predicted octanol–water partition coefficient (Wildman–Crippen LogP) is 4.96. The van der Waals surface area contributed by atoms with Crippen molar-refractivity contribution in [1.82, 2.24) is 9.80 Å². The molecule has 1 unspecified atom stereocenters. The first-order valence-electron chi connectivity index (χ1n) is 13.3. The molecule has 0 aromatic heterocycles. The zero-order valence-electron chi connectivity index (χ0n) is 23.6. The molecule has 0 saturated carbocycles. The molecule has 8 nitrogen and oxygen atoms in total. The van der Waals surface area contributed by atoms with Gasteiger partial charge in [-0.15, -0.1) is 0 Å². The molecule has 1 saturated heterocycles. The Bertz CT molecular complexity index is 1400. The van der Waals surface area contributed by atoms with Crippen LogP contribution in [-0.4, -0.2) is 67.5 Å². The van der Waals surface area contributed by atoms with Crippen LogP contribution in [0.15, 0.2) is 72.3 Å². The van der Waals surface area contributed by atoms with Crippen LogP contribution in [0.1, 0.15) is 35.2 Å². The Hall–Kier alpha value is -4.30. The van der Waals surface area contributed by atoms with Crippen LogP contribution >= 0.6 is 0 Å². The van der Waals surface area contributed by atoms with E-state index in [2.05, 4.69) is 0 Å². The minimum Gasteiger partial charge on any atom is -0.507 e. The summed E-state index contributed by atoms with van der Waals surface area (Å²) >= 11 is 0. The van der Waals surface area contributed by atoms with Crippen molar-refractivity contribution >= 4 is 17.4 Å². The van der Waals surface area contributed by atoms with Crippen molar-refractivity contribution < 1.29 is 28.9 Å². The summed E-state index contributed by atoms with van der Waals surface area (Å²) in [6, 6.07) is 19.5. The number of carbonyl (C=O) groups is 2. The van der Waals surface area contributed by atoms with Gasteiger partial charge in [0.25, 0.3) is 11.7 Å². The molecule has 1 atom stereocenters. The molecule has 4 rings (SSSR count). The van der Waals surface area contributed by atoms with Crippen LogP contribution in [0.4, 0.5) is 0 Å². The van der Waals surface area contributed by atoms with Crippen molar-refractivity contribution in [3.63, 3.8) is 0 Å². The van der Waals surface area contributed by atoms with Gasteiger partial charge in [-0.2, -0.15) is 0 Å². The van der Waals surface area contributed by atoms with Gasteiger partial charge in [-0.3, -0.25) is 9.59 Å². The van der Waals surface area contributed by atoms with Crippen LogP contribution in [0.3, 0.4) is 0 Å². The lowest BCUT2D eigenvalue weighted by Gasteiger charge is -2.27. The smallest absolute Gasteiger partial charge is 0.295 e. The highest BCUT2D eigenvalue weighted by atomic mass is 16.5. The Morgan fingerprint density at radius 3 is 2.33 bits per heavy atom. The summed E-state index contributed by atoms with van der Waals surface area (Å²) in [4.78, 5) is 30.1. The second kappa shape index (κ2) is 12.7. The fraction of sp³-hybridized carbons (Fsp3) is 0.312. The van der Waals surface area contributed by atoms with Crippen molar-refractivity contribution in [2.75, 3.05) is 40.9 Å². The molecule has 3 aromatic carbocycles. The number of amides is 1. The molecule has 210 valence electrons. The number of ether oxygens (including phenoxy) is 3. The van der Waals surface area contributed by atoms with E-state index in [1.54, 1.807) is 43.5 Å². The minimum absolute atomic E-state index is 0.0346. The van der Waals surface area contributed by atoms with Crippen LogP contribution in [0.2, 0.25) is 0 Å². The highest BCUT2D eigenvalue weighted by molar-refractivity contribution is 6.46. The van der Waals surface area contributed by atoms with Gasteiger partial charge < -0.3 is 29.1 Å². The molecular formula is C32H36N2O6. The lowest BCUT2D eigenvalue weighted by atomic mass is 9.94. The molecular weight excluding hydrogens is 508 g/mol. The highest BCUT2D eigenvalue weighted by Crippen LogP contribution is 2.42.